The van der Waals surface area contributed by atoms with Crippen LogP contribution in [-0.4, -0.2) is 64.8 Å². The van der Waals surface area contributed by atoms with Crippen LogP contribution in [0.1, 0.15) is 16.8 Å². The summed E-state index contributed by atoms with van der Waals surface area (Å²) in [5.41, 5.74) is 2.93. The number of sulfone groups is 1. The number of aromatic nitrogens is 3. The van der Waals surface area contributed by atoms with Crippen molar-refractivity contribution in [2.24, 2.45) is 0 Å². The van der Waals surface area contributed by atoms with Crippen molar-refractivity contribution < 1.29 is 23.1 Å². The van der Waals surface area contributed by atoms with E-state index < -0.39 is 21.8 Å². The van der Waals surface area contributed by atoms with Crippen molar-refractivity contribution in [2.45, 2.75) is 12.5 Å². The fraction of sp³-hybridized carbons (Fsp3) is 0.240. The van der Waals surface area contributed by atoms with Crippen molar-refractivity contribution in [3.8, 4) is 28.3 Å². The first kappa shape index (κ1) is 25.5. The van der Waals surface area contributed by atoms with Crippen LogP contribution in [0.3, 0.4) is 0 Å². The van der Waals surface area contributed by atoms with Gasteiger partial charge in [-0.25, -0.2) is 17.9 Å². The molecule has 1 aliphatic heterocycles. The summed E-state index contributed by atoms with van der Waals surface area (Å²) in [6, 6.07) is 13.9. The average molecular weight is 561 g/mol. The van der Waals surface area contributed by atoms with E-state index in [1.54, 1.807) is 24.4 Å². The summed E-state index contributed by atoms with van der Waals surface area (Å²) in [6.07, 6.45) is 1.93. The zero-order valence-electron chi connectivity index (χ0n) is 19.4. The summed E-state index contributed by atoms with van der Waals surface area (Å²) in [5.74, 6) is -0.720. The largest absolute Gasteiger partial charge is 0.474 e. The van der Waals surface area contributed by atoms with Gasteiger partial charge in [-0.2, -0.15) is 0 Å². The highest BCUT2D eigenvalue weighted by atomic mass is 35.5. The van der Waals surface area contributed by atoms with Gasteiger partial charge in [0.05, 0.1) is 23.8 Å². The van der Waals surface area contributed by atoms with E-state index in [4.69, 9.17) is 27.9 Å². The van der Waals surface area contributed by atoms with Gasteiger partial charge in [0, 0.05) is 39.0 Å². The fourth-order valence-electron chi connectivity index (χ4n) is 4.34. The van der Waals surface area contributed by atoms with E-state index in [9.17, 15) is 18.3 Å². The molecule has 1 amide bonds. The minimum absolute atomic E-state index is 0.0146. The number of hydrogen-bond acceptors (Lipinski definition) is 7. The average Bonchev–Trinajstić information content (AvgIpc) is 3.41. The third kappa shape index (κ3) is 5.15. The number of nitrogens with one attached hydrogen (secondary N) is 1. The first-order valence-corrected chi connectivity index (χ1v) is 14.0. The van der Waals surface area contributed by atoms with Crippen molar-refractivity contribution in [2.75, 3.05) is 24.7 Å². The fourth-order valence-corrected chi connectivity index (χ4v) is 6.37. The van der Waals surface area contributed by atoms with E-state index >= 15 is 0 Å². The third-order valence-corrected chi connectivity index (χ3v) is 8.37. The monoisotopic (exact) mass is 560 g/mol. The number of halogens is 2. The van der Waals surface area contributed by atoms with Crippen LogP contribution in [0.4, 0.5) is 0 Å². The Labute approximate surface area is 222 Å². The van der Waals surface area contributed by atoms with E-state index in [1.807, 2.05) is 30.3 Å². The van der Waals surface area contributed by atoms with E-state index in [0.717, 1.165) is 5.56 Å². The second-order valence-electron chi connectivity index (χ2n) is 8.57. The summed E-state index contributed by atoms with van der Waals surface area (Å²) in [6.45, 7) is -0.395. The Morgan fingerprint density at radius 2 is 1.89 bits per heavy atom. The number of aliphatic hydroxyl groups is 1. The minimum Gasteiger partial charge on any atom is -0.474 e. The summed E-state index contributed by atoms with van der Waals surface area (Å²) in [5, 5.41) is 17.7. The number of carbonyl (C=O) groups excluding carboxylic acids is 1. The van der Waals surface area contributed by atoms with Gasteiger partial charge < -0.3 is 15.2 Å². The minimum atomic E-state index is -3.20. The maximum Gasteiger partial charge on any atom is 0.260 e. The molecule has 2 aromatic carbocycles. The van der Waals surface area contributed by atoms with Gasteiger partial charge in [-0.3, -0.25) is 4.79 Å². The Balaban J connectivity index is 1.71. The second-order valence-corrected chi connectivity index (χ2v) is 11.6. The Bertz CT molecular complexity index is 1590. The highest BCUT2D eigenvalue weighted by Crippen LogP contribution is 2.37. The molecule has 1 fully saturated rings. The van der Waals surface area contributed by atoms with Gasteiger partial charge in [-0.1, -0.05) is 53.5 Å². The van der Waals surface area contributed by atoms with Crippen molar-refractivity contribution in [3.05, 3.63) is 70.3 Å². The molecule has 12 heteroatoms. The van der Waals surface area contributed by atoms with Gasteiger partial charge in [0.15, 0.2) is 15.5 Å². The van der Waals surface area contributed by atoms with Crippen molar-refractivity contribution in [3.63, 3.8) is 0 Å². The number of carbonyl (C=O) groups is 1. The van der Waals surface area contributed by atoms with Gasteiger partial charge >= 0.3 is 0 Å². The summed E-state index contributed by atoms with van der Waals surface area (Å²) in [4.78, 5) is 17.9. The van der Waals surface area contributed by atoms with Gasteiger partial charge in [0.1, 0.15) is 12.2 Å². The molecule has 2 aromatic heterocycles. The van der Waals surface area contributed by atoms with Crippen molar-refractivity contribution >= 4 is 44.6 Å². The number of nitrogens with zero attached hydrogens (tertiary/aromatic N) is 3. The molecule has 0 saturated carbocycles. The molecule has 192 valence electrons. The molecule has 3 heterocycles. The molecular weight excluding hydrogens is 539 g/mol. The number of ether oxygens (including phenoxy) is 1. The van der Waals surface area contributed by atoms with Gasteiger partial charge in [0.2, 0.25) is 5.88 Å². The van der Waals surface area contributed by atoms with Gasteiger partial charge in [-0.15, -0.1) is 5.10 Å². The molecule has 1 aliphatic rings. The van der Waals surface area contributed by atoms with Crippen molar-refractivity contribution in [1.82, 2.24) is 19.9 Å². The molecule has 0 spiro atoms. The molecule has 5 rings (SSSR count). The molecule has 37 heavy (non-hydrogen) atoms. The van der Waals surface area contributed by atoms with E-state index in [2.05, 4.69) is 15.4 Å². The normalized spacial score (nSPS) is 16.7. The summed E-state index contributed by atoms with van der Waals surface area (Å²) >= 11 is 12.7. The van der Waals surface area contributed by atoms with E-state index in [0.29, 0.717) is 33.3 Å². The van der Waals surface area contributed by atoms with E-state index in [1.165, 1.54) is 4.52 Å². The van der Waals surface area contributed by atoms with Crippen molar-refractivity contribution in [1.29, 1.82) is 0 Å². The number of benzene rings is 2. The molecule has 0 bridgehead atoms. The maximum absolute atomic E-state index is 13.4. The highest BCUT2D eigenvalue weighted by Gasteiger charge is 2.32. The predicted octanol–water partition coefficient (Wildman–Crippen LogP) is 3.66. The highest BCUT2D eigenvalue weighted by molar-refractivity contribution is 7.91. The lowest BCUT2D eigenvalue weighted by Gasteiger charge is -2.14. The smallest absolute Gasteiger partial charge is 0.260 e. The van der Waals surface area contributed by atoms with Crippen LogP contribution in [0.15, 0.2) is 54.7 Å². The lowest BCUT2D eigenvalue weighted by atomic mass is 10.0. The Morgan fingerprint density at radius 3 is 2.57 bits per heavy atom. The van der Waals surface area contributed by atoms with Crippen LogP contribution >= 0.6 is 23.2 Å². The first-order chi connectivity index (χ1) is 17.8. The van der Waals surface area contributed by atoms with E-state index in [-0.39, 0.29) is 41.8 Å². The molecule has 1 atom stereocenters. The molecule has 2 N–H and O–H groups in total. The SMILES string of the molecule is O=C(NC1CCS(=O)(=O)C1)c1c(OCCO)nn2c(-c3ccc(Cl)cc3)c(-c3ccccc3Cl)cnc12. The summed E-state index contributed by atoms with van der Waals surface area (Å²) < 4.78 is 30.9. The Kier molecular flexibility index (Phi) is 7.09. The number of amides is 1. The first-order valence-electron chi connectivity index (χ1n) is 11.4. The van der Waals surface area contributed by atoms with Crippen LogP contribution < -0.4 is 10.1 Å². The molecule has 1 saturated heterocycles. The molecule has 9 nitrogen and oxygen atoms in total. The molecule has 4 aromatic rings. The predicted molar refractivity (Wildman–Crippen MR) is 141 cm³/mol. The summed E-state index contributed by atoms with van der Waals surface area (Å²) in [7, 11) is -3.20. The maximum atomic E-state index is 13.4. The molecular formula is C25H22Cl2N4O5S. The zero-order chi connectivity index (χ0) is 26.2. The molecule has 0 aliphatic carbocycles. The van der Waals surface area contributed by atoms with Gasteiger partial charge in [-0.05, 0) is 24.6 Å². The topological polar surface area (TPSA) is 123 Å². The zero-order valence-corrected chi connectivity index (χ0v) is 21.7. The number of fused-ring (bicyclic) bond motifs is 1. The standard InChI is InChI=1S/C25H22Cl2N4O5S/c26-16-7-5-15(6-8-16)22-19(18-3-1-2-4-20(18)27)13-28-23-21(25(30-31(22)23)36-11-10-32)24(33)29-17-9-12-37(34,35)14-17/h1-8,13,17,32H,9-12,14H2,(H,29,33). The number of hydrogen-bond donors (Lipinski definition) is 2. The Morgan fingerprint density at radius 1 is 1.14 bits per heavy atom. The van der Waals surface area contributed by atoms with Crippen LogP contribution in [0.2, 0.25) is 10.0 Å². The Hall–Kier alpha value is -3.18. The second kappa shape index (κ2) is 10.3. The quantitative estimate of drug-likeness (QED) is 0.353. The lowest BCUT2D eigenvalue weighted by Crippen LogP contribution is -2.35. The molecule has 0 radical (unpaired) electrons. The lowest BCUT2D eigenvalue weighted by molar-refractivity contribution is 0.0936. The number of aliphatic hydroxyl groups excluding tert-OH is 1. The van der Waals surface area contributed by atoms with Crippen LogP contribution in [-0.2, 0) is 9.84 Å². The molecule has 1 unspecified atom stereocenters. The third-order valence-electron chi connectivity index (χ3n) is 6.02. The van der Waals surface area contributed by atoms with Gasteiger partial charge in [0.25, 0.3) is 5.91 Å². The van der Waals surface area contributed by atoms with Crippen LogP contribution in [0.25, 0.3) is 28.0 Å². The van der Waals surface area contributed by atoms with Crippen LogP contribution in [0.5, 0.6) is 5.88 Å². The number of rotatable bonds is 7. The van der Waals surface area contributed by atoms with Crippen LogP contribution in [0, 0.1) is 0 Å².